The Hall–Kier alpha value is -1.53. The molecule has 0 aliphatic carbocycles. The van der Waals surface area contributed by atoms with Crippen molar-refractivity contribution >= 4 is 0 Å². The molecule has 20 heavy (non-hydrogen) atoms. The summed E-state index contributed by atoms with van der Waals surface area (Å²) in [6.45, 7) is 8.67. The number of aliphatic hydroxyl groups excluding tert-OH is 1. The second-order valence-electron chi connectivity index (χ2n) is 6.02. The van der Waals surface area contributed by atoms with Gasteiger partial charge in [-0.3, -0.25) is 0 Å². The highest BCUT2D eigenvalue weighted by Crippen LogP contribution is 2.26. The van der Waals surface area contributed by atoms with Crippen LogP contribution in [0.25, 0.3) is 0 Å². The number of rotatable bonds is 7. The zero-order valence-electron chi connectivity index (χ0n) is 13.0. The molecular formula is C17H25NO2. The van der Waals surface area contributed by atoms with Gasteiger partial charge >= 0.3 is 0 Å². The third-order valence-electron chi connectivity index (χ3n) is 3.45. The van der Waals surface area contributed by atoms with Gasteiger partial charge < -0.3 is 9.84 Å². The van der Waals surface area contributed by atoms with Crippen LogP contribution in [0.4, 0.5) is 0 Å². The molecule has 0 unspecified atom stereocenters. The first kappa shape index (κ1) is 16.5. The quantitative estimate of drug-likeness (QED) is 0.768. The van der Waals surface area contributed by atoms with Crippen molar-refractivity contribution in [2.45, 2.75) is 53.6 Å². The summed E-state index contributed by atoms with van der Waals surface area (Å²) in [5.74, 6) is 0.918. The van der Waals surface area contributed by atoms with Crippen molar-refractivity contribution in [1.29, 1.82) is 5.26 Å². The standard InChI is InChI=1S/C17H25NO2/c1-13-9-15(11-19)10-14(2)16(13)20-8-6-5-7-17(3,4)12-18/h9-10,19H,5-8,11H2,1-4H3. The van der Waals surface area contributed by atoms with Crippen LogP contribution in [0.2, 0.25) is 0 Å². The lowest BCUT2D eigenvalue weighted by Crippen LogP contribution is -2.08. The van der Waals surface area contributed by atoms with Gasteiger partial charge in [-0.25, -0.2) is 0 Å². The molecule has 1 rings (SSSR count). The Balaban J connectivity index is 2.45. The van der Waals surface area contributed by atoms with Crippen LogP contribution in [0.5, 0.6) is 5.75 Å². The second kappa shape index (κ2) is 7.31. The third kappa shape index (κ3) is 4.86. The number of ether oxygens (including phenoxy) is 1. The van der Waals surface area contributed by atoms with Gasteiger partial charge in [0.05, 0.1) is 24.7 Å². The maximum atomic E-state index is 9.16. The lowest BCUT2D eigenvalue weighted by atomic mass is 9.89. The minimum Gasteiger partial charge on any atom is -0.493 e. The third-order valence-corrected chi connectivity index (χ3v) is 3.45. The summed E-state index contributed by atoms with van der Waals surface area (Å²) in [4.78, 5) is 0. The molecule has 0 bridgehead atoms. The van der Waals surface area contributed by atoms with Crippen LogP contribution in [0, 0.1) is 30.6 Å². The lowest BCUT2D eigenvalue weighted by molar-refractivity contribution is 0.279. The van der Waals surface area contributed by atoms with Crippen molar-refractivity contribution in [2.24, 2.45) is 5.41 Å². The van der Waals surface area contributed by atoms with Crippen LogP contribution < -0.4 is 4.74 Å². The molecule has 0 aliphatic heterocycles. The molecule has 0 spiro atoms. The Morgan fingerprint density at radius 1 is 1.20 bits per heavy atom. The molecule has 1 aromatic carbocycles. The van der Waals surface area contributed by atoms with Crippen molar-refractivity contribution in [1.82, 2.24) is 0 Å². The summed E-state index contributed by atoms with van der Waals surface area (Å²) < 4.78 is 5.85. The fraction of sp³-hybridized carbons (Fsp3) is 0.588. The average molecular weight is 275 g/mol. The molecule has 0 amide bonds. The van der Waals surface area contributed by atoms with Crippen molar-refractivity contribution in [3.05, 3.63) is 28.8 Å². The van der Waals surface area contributed by atoms with Gasteiger partial charge in [-0.15, -0.1) is 0 Å². The molecule has 1 aromatic rings. The van der Waals surface area contributed by atoms with Crippen molar-refractivity contribution in [3.63, 3.8) is 0 Å². The number of aryl methyl sites for hydroxylation is 2. The first-order chi connectivity index (χ1) is 9.39. The van der Waals surface area contributed by atoms with E-state index in [1.807, 2.05) is 39.8 Å². The fourth-order valence-electron chi connectivity index (χ4n) is 2.26. The van der Waals surface area contributed by atoms with Crippen LogP contribution >= 0.6 is 0 Å². The molecule has 110 valence electrons. The van der Waals surface area contributed by atoms with Gasteiger partial charge in [-0.2, -0.15) is 5.26 Å². The Kier molecular flexibility index (Phi) is 6.04. The molecule has 1 N–H and O–H groups in total. The number of nitrogens with zero attached hydrogens (tertiary/aromatic N) is 1. The van der Waals surface area contributed by atoms with Crippen molar-refractivity contribution in [3.8, 4) is 11.8 Å². The molecule has 0 fully saturated rings. The zero-order valence-corrected chi connectivity index (χ0v) is 13.0. The highest BCUT2D eigenvalue weighted by molar-refractivity contribution is 5.43. The number of nitriles is 1. The molecule has 0 aromatic heterocycles. The molecule has 0 atom stereocenters. The van der Waals surface area contributed by atoms with E-state index in [0.717, 1.165) is 41.7 Å². The second-order valence-corrected chi connectivity index (χ2v) is 6.02. The maximum Gasteiger partial charge on any atom is 0.125 e. The van der Waals surface area contributed by atoms with E-state index in [1.165, 1.54) is 0 Å². The molecule has 0 heterocycles. The number of hydrogen-bond donors (Lipinski definition) is 1. The summed E-state index contributed by atoms with van der Waals surface area (Å²) in [6.07, 6.45) is 2.84. The zero-order chi connectivity index (χ0) is 15.2. The molecule has 3 heteroatoms. The number of hydrogen-bond acceptors (Lipinski definition) is 3. The van der Waals surface area contributed by atoms with Crippen LogP contribution in [0.1, 0.15) is 49.8 Å². The summed E-state index contributed by atoms with van der Waals surface area (Å²) in [7, 11) is 0. The minimum atomic E-state index is -0.241. The molecule has 0 saturated heterocycles. The Labute approximate surface area is 122 Å². The van der Waals surface area contributed by atoms with E-state index in [1.54, 1.807) is 0 Å². The van der Waals surface area contributed by atoms with E-state index in [9.17, 15) is 0 Å². The topological polar surface area (TPSA) is 53.2 Å². The van der Waals surface area contributed by atoms with E-state index < -0.39 is 0 Å². The SMILES string of the molecule is Cc1cc(CO)cc(C)c1OCCCCC(C)(C)C#N. The summed E-state index contributed by atoms with van der Waals surface area (Å²) in [5.41, 5.74) is 2.80. The average Bonchev–Trinajstić information content (AvgIpc) is 2.40. The van der Waals surface area contributed by atoms with Gasteiger partial charge in [0.2, 0.25) is 0 Å². The molecule has 0 aliphatic rings. The molecule has 0 saturated carbocycles. The Morgan fingerprint density at radius 2 is 1.80 bits per heavy atom. The van der Waals surface area contributed by atoms with Crippen LogP contribution in [-0.2, 0) is 6.61 Å². The van der Waals surface area contributed by atoms with E-state index in [2.05, 4.69) is 6.07 Å². The normalized spacial score (nSPS) is 11.2. The largest absolute Gasteiger partial charge is 0.493 e. The maximum absolute atomic E-state index is 9.16. The molecule has 3 nitrogen and oxygen atoms in total. The fourth-order valence-corrected chi connectivity index (χ4v) is 2.26. The predicted octanol–water partition coefficient (Wildman–Crippen LogP) is 3.89. The summed E-state index contributed by atoms with van der Waals surface area (Å²) in [6, 6.07) is 6.24. The van der Waals surface area contributed by atoms with Crippen molar-refractivity contribution < 1.29 is 9.84 Å². The van der Waals surface area contributed by atoms with Gasteiger partial charge in [0.15, 0.2) is 0 Å². The van der Waals surface area contributed by atoms with E-state index in [0.29, 0.717) is 6.61 Å². The number of unbranched alkanes of at least 4 members (excludes halogenated alkanes) is 1. The van der Waals surface area contributed by atoms with Crippen molar-refractivity contribution in [2.75, 3.05) is 6.61 Å². The lowest BCUT2D eigenvalue weighted by Gasteiger charge is -2.16. The van der Waals surface area contributed by atoms with Gasteiger partial charge in [0.1, 0.15) is 5.75 Å². The van der Waals surface area contributed by atoms with Crippen LogP contribution in [0.3, 0.4) is 0 Å². The monoisotopic (exact) mass is 275 g/mol. The summed E-state index contributed by atoms with van der Waals surface area (Å²) in [5, 5.41) is 18.1. The predicted molar refractivity (Wildman–Crippen MR) is 80.6 cm³/mol. The smallest absolute Gasteiger partial charge is 0.125 e. The molecule has 0 radical (unpaired) electrons. The number of benzene rings is 1. The minimum absolute atomic E-state index is 0.0607. The van der Waals surface area contributed by atoms with E-state index in [-0.39, 0.29) is 12.0 Å². The summed E-state index contributed by atoms with van der Waals surface area (Å²) >= 11 is 0. The number of aliphatic hydroxyl groups is 1. The van der Waals surface area contributed by atoms with E-state index >= 15 is 0 Å². The van der Waals surface area contributed by atoms with Gasteiger partial charge in [-0.05, 0) is 63.6 Å². The first-order valence-corrected chi connectivity index (χ1v) is 7.14. The van der Waals surface area contributed by atoms with Gasteiger partial charge in [0, 0.05) is 0 Å². The van der Waals surface area contributed by atoms with Gasteiger partial charge in [-0.1, -0.05) is 12.1 Å². The van der Waals surface area contributed by atoms with Crippen LogP contribution in [-0.4, -0.2) is 11.7 Å². The van der Waals surface area contributed by atoms with Gasteiger partial charge in [0.25, 0.3) is 0 Å². The van der Waals surface area contributed by atoms with E-state index in [4.69, 9.17) is 15.1 Å². The first-order valence-electron chi connectivity index (χ1n) is 7.14. The Morgan fingerprint density at radius 3 is 2.30 bits per heavy atom. The Bertz CT molecular complexity index is 463. The highest BCUT2D eigenvalue weighted by Gasteiger charge is 2.15. The molecular weight excluding hydrogens is 250 g/mol. The highest BCUT2D eigenvalue weighted by atomic mass is 16.5. The van der Waals surface area contributed by atoms with Crippen LogP contribution in [0.15, 0.2) is 12.1 Å².